The van der Waals surface area contributed by atoms with E-state index in [9.17, 15) is 14.4 Å². The highest BCUT2D eigenvalue weighted by atomic mass is 35.5. The summed E-state index contributed by atoms with van der Waals surface area (Å²) in [7, 11) is 1.42. The molecule has 2 aromatic rings. The molecular formula is C18H15ClN2O3. The maximum Gasteiger partial charge on any atom is 0.261 e. The summed E-state index contributed by atoms with van der Waals surface area (Å²) in [5, 5.41) is 3.50. The predicted octanol–water partition coefficient (Wildman–Crippen LogP) is 3.06. The Morgan fingerprint density at radius 2 is 1.67 bits per heavy atom. The molecule has 2 aromatic carbocycles. The van der Waals surface area contributed by atoms with Crippen LogP contribution in [-0.4, -0.2) is 29.7 Å². The maximum atomic E-state index is 12.4. The molecule has 1 heterocycles. The van der Waals surface area contributed by atoms with Gasteiger partial charge in [0.25, 0.3) is 17.7 Å². The number of amides is 3. The van der Waals surface area contributed by atoms with Crippen LogP contribution in [0.4, 0.5) is 0 Å². The molecule has 3 amide bonds. The number of halogens is 1. The lowest BCUT2D eigenvalue weighted by atomic mass is 10.0. The van der Waals surface area contributed by atoms with Gasteiger partial charge in [0.05, 0.1) is 17.2 Å². The summed E-state index contributed by atoms with van der Waals surface area (Å²) in [4.78, 5) is 37.4. The molecule has 1 unspecified atom stereocenters. The van der Waals surface area contributed by atoms with Gasteiger partial charge in [-0.3, -0.25) is 19.3 Å². The molecule has 1 aliphatic rings. The van der Waals surface area contributed by atoms with E-state index in [1.165, 1.54) is 19.2 Å². The minimum Gasteiger partial charge on any atom is -0.346 e. The van der Waals surface area contributed by atoms with Gasteiger partial charge in [0, 0.05) is 17.6 Å². The fraction of sp³-hybridized carbons (Fsp3) is 0.167. The summed E-state index contributed by atoms with van der Waals surface area (Å²) < 4.78 is 0. The van der Waals surface area contributed by atoms with Gasteiger partial charge in [-0.25, -0.2) is 0 Å². The molecule has 0 saturated heterocycles. The van der Waals surface area contributed by atoms with Crippen molar-refractivity contribution in [2.24, 2.45) is 0 Å². The Morgan fingerprint density at radius 1 is 1.04 bits per heavy atom. The zero-order valence-corrected chi connectivity index (χ0v) is 13.9. The molecule has 0 spiro atoms. The van der Waals surface area contributed by atoms with E-state index in [1.807, 2.05) is 19.1 Å². The van der Waals surface area contributed by atoms with Gasteiger partial charge in [-0.1, -0.05) is 23.7 Å². The predicted molar refractivity (Wildman–Crippen MR) is 90.2 cm³/mol. The Bertz CT molecular complexity index is 846. The van der Waals surface area contributed by atoms with Gasteiger partial charge < -0.3 is 5.32 Å². The van der Waals surface area contributed by atoms with Crippen LogP contribution in [0.3, 0.4) is 0 Å². The summed E-state index contributed by atoms with van der Waals surface area (Å²) in [6.07, 6.45) is 0. The van der Waals surface area contributed by atoms with Gasteiger partial charge in [-0.15, -0.1) is 0 Å². The first kappa shape index (κ1) is 16.2. The summed E-state index contributed by atoms with van der Waals surface area (Å²) in [5.74, 6) is -1.05. The normalized spacial score (nSPS) is 14.5. The molecule has 0 aliphatic carbocycles. The van der Waals surface area contributed by atoms with Crippen molar-refractivity contribution in [2.45, 2.75) is 13.0 Å². The molecule has 0 bridgehead atoms. The summed E-state index contributed by atoms with van der Waals surface area (Å²) in [6, 6.07) is 11.5. The first-order valence-corrected chi connectivity index (χ1v) is 7.79. The lowest BCUT2D eigenvalue weighted by Gasteiger charge is -2.14. The van der Waals surface area contributed by atoms with Crippen LogP contribution >= 0.6 is 11.6 Å². The smallest absolute Gasteiger partial charge is 0.261 e. The van der Waals surface area contributed by atoms with Crippen molar-refractivity contribution >= 4 is 29.3 Å². The number of rotatable bonds is 3. The average molecular weight is 343 g/mol. The molecule has 3 rings (SSSR count). The van der Waals surface area contributed by atoms with Crippen LogP contribution in [0.1, 0.15) is 49.6 Å². The quantitative estimate of drug-likeness (QED) is 0.872. The zero-order valence-electron chi connectivity index (χ0n) is 13.2. The molecule has 6 heteroatoms. The third kappa shape index (κ3) is 2.78. The average Bonchev–Trinajstić information content (AvgIpc) is 2.79. The fourth-order valence-corrected chi connectivity index (χ4v) is 2.74. The number of hydrogen-bond acceptors (Lipinski definition) is 3. The standard InChI is InChI=1S/C18H15ClN2O3/c1-10(11-3-6-13(19)7-4-11)20-16(22)12-5-8-14-15(9-12)18(24)21(2)17(14)23/h3-10H,1-2H3,(H,20,22). The minimum absolute atomic E-state index is 0.219. The number of nitrogens with zero attached hydrogens (tertiary/aromatic N) is 1. The van der Waals surface area contributed by atoms with E-state index >= 15 is 0 Å². The van der Waals surface area contributed by atoms with Crippen LogP contribution in [0.2, 0.25) is 5.02 Å². The van der Waals surface area contributed by atoms with Gasteiger partial charge >= 0.3 is 0 Å². The van der Waals surface area contributed by atoms with E-state index in [2.05, 4.69) is 5.32 Å². The van der Waals surface area contributed by atoms with Crippen LogP contribution in [-0.2, 0) is 0 Å². The number of imide groups is 1. The van der Waals surface area contributed by atoms with E-state index in [-0.39, 0.29) is 23.4 Å². The zero-order chi connectivity index (χ0) is 17.4. The van der Waals surface area contributed by atoms with Gasteiger partial charge in [0.15, 0.2) is 0 Å². The Balaban J connectivity index is 1.80. The topological polar surface area (TPSA) is 66.5 Å². The van der Waals surface area contributed by atoms with E-state index in [1.54, 1.807) is 18.2 Å². The van der Waals surface area contributed by atoms with Crippen molar-refractivity contribution in [3.05, 3.63) is 69.7 Å². The van der Waals surface area contributed by atoms with Crippen molar-refractivity contribution < 1.29 is 14.4 Å². The van der Waals surface area contributed by atoms with E-state index in [0.717, 1.165) is 10.5 Å². The number of hydrogen-bond donors (Lipinski definition) is 1. The second-order valence-corrected chi connectivity index (χ2v) is 6.11. The van der Waals surface area contributed by atoms with Crippen LogP contribution < -0.4 is 5.32 Å². The monoisotopic (exact) mass is 342 g/mol. The molecule has 24 heavy (non-hydrogen) atoms. The number of carbonyl (C=O) groups excluding carboxylic acids is 3. The first-order chi connectivity index (χ1) is 11.4. The molecular weight excluding hydrogens is 328 g/mol. The minimum atomic E-state index is -0.393. The highest BCUT2D eigenvalue weighted by Crippen LogP contribution is 2.23. The van der Waals surface area contributed by atoms with E-state index < -0.39 is 5.91 Å². The van der Waals surface area contributed by atoms with Crippen LogP contribution in [0.15, 0.2) is 42.5 Å². The summed E-state index contributed by atoms with van der Waals surface area (Å²) >= 11 is 5.86. The summed E-state index contributed by atoms with van der Waals surface area (Å²) in [6.45, 7) is 1.86. The fourth-order valence-electron chi connectivity index (χ4n) is 2.62. The molecule has 1 aliphatic heterocycles. The maximum absolute atomic E-state index is 12.4. The molecule has 1 N–H and O–H groups in total. The molecule has 122 valence electrons. The van der Waals surface area contributed by atoms with Crippen molar-refractivity contribution in [1.82, 2.24) is 10.2 Å². The van der Waals surface area contributed by atoms with Crippen molar-refractivity contribution in [3.8, 4) is 0 Å². The molecule has 5 nitrogen and oxygen atoms in total. The number of carbonyl (C=O) groups is 3. The third-order valence-electron chi connectivity index (χ3n) is 4.07. The number of fused-ring (bicyclic) bond motifs is 1. The first-order valence-electron chi connectivity index (χ1n) is 7.41. The molecule has 1 atom stereocenters. The van der Waals surface area contributed by atoms with Crippen LogP contribution in [0, 0.1) is 0 Å². The van der Waals surface area contributed by atoms with Crippen molar-refractivity contribution in [1.29, 1.82) is 0 Å². The van der Waals surface area contributed by atoms with Gasteiger partial charge in [-0.2, -0.15) is 0 Å². The molecule has 0 fully saturated rings. The highest BCUT2D eigenvalue weighted by Gasteiger charge is 2.33. The van der Waals surface area contributed by atoms with Crippen molar-refractivity contribution in [3.63, 3.8) is 0 Å². The SMILES string of the molecule is CC(NC(=O)c1ccc2c(c1)C(=O)N(C)C2=O)c1ccc(Cl)cc1. The number of nitrogens with one attached hydrogen (secondary N) is 1. The van der Waals surface area contributed by atoms with E-state index in [0.29, 0.717) is 16.1 Å². The van der Waals surface area contributed by atoms with E-state index in [4.69, 9.17) is 11.6 Å². The summed E-state index contributed by atoms with van der Waals surface area (Å²) in [5.41, 5.74) is 1.84. The lowest BCUT2D eigenvalue weighted by Crippen LogP contribution is -2.27. The molecule has 0 saturated carbocycles. The molecule has 0 aromatic heterocycles. The van der Waals surface area contributed by atoms with Crippen molar-refractivity contribution in [2.75, 3.05) is 7.05 Å². The third-order valence-corrected chi connectivity index (χ3v) is 4.32. The second kappa shape index (κ2) is 6.09. The Kier molecular flexibility index (Phi) is 4.11. The van der Waals surface area contributed by atoms with Gasteiger partial charge in [0.1, 0.15) is 0 Å². The second-order valence-electron chi connectivity index (χ2n) is 5.68. The highest BCUT2D eigenvalue weighted by molar-refractivity contribution is 6.30. The Labute approximate surface area is 144 Å². The Hall–Kier alpha value is -2.66. The van der Waals surface area contributed by atoms with Crippen LogP contribution in [0.5, 0.6) is 0 Å². The molecule has 0 radical (unpaired) electrons. The Morgan fingerprint density at radius 3 is 2.33 bits per heavy atom. The van der Waals surface area contributed by atoms with Crippen LogP contribution in [0.25, 0.3) is 0 Å². The number of benzene rings is 2. The van der Waals surface area contributed by atoms with Gasteiger partial charge in [0.2, 0.25) is 0 Å². The van der Waals surface area contributed by atoms with Gasteiger partial charge in [-0.05, 0) is 42.8 Å². The largest absolute Gasteiger partial charge is 0.346 e. The lowest BCUT2D eigenvalue weighted by molar-refractivity contribution is 0.0693.